The predicted octanol–water partition coefficient (Wildman–Crippen LogP) is 1.88. The Morgan fingerprint density at radius 3 is 2.73 bits per heavy atom. The second-order valence-electron chi connectivity index (χ2n) is 5.74. The van der Waals surface area contributed by atoms with Gasteiger partial charge >= 0.3 is 6.03 Å². The van der Waals surface area contributed by atoms with Crippen molar-refractivity contribution in [1.29, 1.82) is 0 Å². The third kappa shape index (κ3) is 3.44. The van der Waals surface area contributed by atoms with Gasteiger partial charge in [-0.25, -0.2) is 4.79 Å². The number of nitrogens with one attached hydrogen (secondary N) is 2. The molecule has 1 fully saturated rings. The van der Waals surface area contributed by atoms with Crippen LogP contribution in [-0.4, -0.2) is 41.8 Å². The maximum Gasteiger partial charge on any atom is 0.322 e. The van der Waals surface area contributed by atoms with Crippen LogP contribution in [0, 0.1) is 5.92 Å². The Kier molecular flexibility index (Phi) is 4.80. The molecule has 0 aromatic heterocycles. The first kappa shape index (κ1) is 16.0. The van der Waals surface area contributed by atoms with E-state index in [1.807, 2.05) is 13.8 Å². The Morgan fingerprint density at radius 1 is 1.36 bits per heavy atom. The Balaban J connectivity index is 2.15. The molecule has 1 aliphatic rings. The van der Waals surface area contributed by atoms with Gasteiger partial charge in [-0.2, -0.15) is 0 Å². The number of piperazine rings is 1. The highest BCUT2D eigenvalue weighted by Gasteiger charge is 2.35. The molecule has 22 heavy (non-hydrogen) atoms. The monoisotopic (exact) mass is 303 g/mol. The van der Waals surface area contributed by atoms with Crippen molar-refractivity contribution in [2.45, 2.75) is 26.8 Å². The van der Waals surface area contributed by atoms with Crippen LogP contribution in [0.3, 0.4) is 0 Å². The quantitative estimate of drug-likeness (QED) is 0.837. The molecule has 1 heterocycles. The molecule has 1 aliphatic heterocycles. The Labute approximate surface area is 129 Å². The molecule has 3 amide bonds. The molecule has 1 aromatic rings. The number of carbonyl (C=O) groups excluding carboxylic acids is 3. The first-order valence-corrected chi connectivity index (χ1v) is 7.36. The fourth-order valence-electron chi connectivity index (χ4n) is 2.59. The maximum absolute atomic E-state index is 12.5. The molecule has 1 saturated heterocycles. The first-order chi connectivity index (χ1) is 10.4. The van der Waals surface area contributed by atoms with Crippen LogP contribution >= 0.6 is 0 Å². The molecular formula is C16H21N3O3. The topological polar surface area (TPSA) is 78.5 Å². The van der Waals surface area contributed by atoms with Gasteiger partial charge in [0.2, 0.25) is 5.91 Å². The summed E-state index contributed by atoms with van der Waals surface area (Å²) in [6, 6.07) is 5.96. The molecule has 0 spiro atoms. The summed E-state index contributed by atoms with van der Waals surface area (Å²) in [5, 5.41) is 5.55. The number of benzene rings is 1. The summed E-state index contributed by atoms with van der Waals surface area (Å²) in [6.45, 7) is 6.21. The molecule has 0 radical (unpaired) electrons. The molecule has 6 heteroatoms. The van der Waals surface area contributed by atoms with Crippen LogP contribution in [0.5, 0.6) is 0 Å². The van der Waals surface area contributed by atoms with Gasteiger partial charge in [0.15, 0.2) is 5.78 Å². The van der Waals surface area contributed by atoms with E-state index >= 15 is 0 Å². The number of hydrogen-bond acceptors (Lipinski definition) is 3. The van der Waals surface area contributed by atoms with Crippen LogP contribution in [0.1, 0.15) is 31.1 Å². The Hall–Kier alpha value is -2.37. The molecule has 0 bridgehead atoms. The molecule has 0 aliphatic carbocycles. The van der Waals surface area contributed by atoms with E-state index in [1.54, 1.807) is 29.2 Å². The lowest BCUT2D eigenvalue weighted by atomic mass is 10.00. The van der Waals surface area contributed by atoms with E-state index in [0.29, 0.717) is 24.3 Å². The highest BCUT2D eigenvalue weighted by Crippen LogP contribution is 2.17. The molecule has 118 valence electrons. The standard InChI is InChI=1S/C16H21N3O3/c1-10(2)14-15(21)17-7-8-19(14)16(22)18-13-6-4-5-12(9-13)11(3)20/h4-6,9-10,14H,7-8H2,1-3H3,(H,17,21)(H,18,22)/t14-/m1/s1. The third-order valence-electron chi connectivity index (χ3n) is 3.67. The highest BCUT2D eigenvalue weighted by atomic mass is 16.2. The van der Waals surface area contributed by atoms with Crippen molar-refractivity contribution in [2.75, 3.05) is 18.4 Å². The second kappa shape index (κ2) is 6.60. The smallest absolute Gasteiger partial charge is 0.322 e. The maximum atomic E-state index is 12.5. The summed E-state index contributed by atoms with van der Waals surface area (Å²) in [6.07, 6.45) is 0. The van der Waals surface area contributed by atoms with Crippen molar-refractivity contribution >= 4 is 23.4 Å². The van der Waals surface area contributed by atoms with Gasteiger partial charge in [-0.3, -0.25) is 9.59 Å². The first-order valence-electron chi connectivity index (χ1n) is 7.36. The zero-order valence-corrected chi connectivity index (χ0v) is 13.1. The molecule has 0 unspecified atom stereocenters. The summed E-state index contributed by atoms with van der Waals surface area (Å²) in [5.74, 6) is -0.169. The number of urea groups is 1. The van der Waals surface area contributed by atoms with Crippen LogP contribution < -0.4 is 10.6 Å². The van der Waals surface area contributed by atoms with Crippen LogP contribution in [0.2, 0.25) is 0 Å². The van der Waals surface area contributed by atoms with E-state index in [0.717, 1.165) is 0 Å². The van der Waals surface area contributed by atoms with Crippen molar-refractivity contribution in [3.63, 3.8) is 0 Å². The van der Waals surface area contributed by atoms with Crippen molar-refractivity contribution < 1.29 is 14.4 Å². The van der Waals surface area contributed by atoms with Crippen molar-refractivity contribution in [3.05, 3.63) is 29.8 Å². The van der Waals surface area contributed by atoms with Gasteiger partial charge < -0.3 is 15.5 Å². The summed E-state index contributed by atoms with van der Waals surface area (Å²) in [5.41, 5.74) is 1.08. The molecule has 2 rings (SSSR count). The SMILES string of the molecule is CC(=O)c1cccc(NC(=O)N2CCNC(=O)[C@H]2C(C)C)c1. The minimum absolute atomic E-state index is 0.0228. The third-order valence-corrected chi connectivity index (χ3v) is 3.67. The number of carbonyl (C=O) groups is 3. The number of ketones is 1. The van der Waals surface area contributed by atoms with Gasteiger partial charge in [-0.1, -0.05) is 26.0 Å². The fourth-order valence-corrected chi connectivity index (χ4v) is 2.59. The van der Waals surface area contributed by atoms with Crippen LogP contribution in [0.15, 0.2) is 24.3 Å². The number of nitrogens with zero attached hydrogens (tertiary/aromatic N) is 1. The van der Waals surface area contributed by atoms with E-state index in [1.165, 1.54) is 6.92 Å². The van der Waals surface area contributed by atoms with E-state index < -0.39 is 6.04 Å². The van der Waals surface area contributed by atoms with Crippen molar-refractivity contribution in [2.24, 2.45) is 5.92 Å². The number of Topliss-reactive ketones (excluding diaryl/α,β-unsaturated/α-hetero) is 1. The van der Waals surface area contributed by atoms with E-state index in [2.05, 4.69) is 10.6 Å². The molecule has 1 atom stereocenters. The number of rotatable bonds is 3. The lowest BCUT2D eigenvalue weighted by Gasteiger charge is -2.37. The molecular weight excluding hydrogens is 282 g/mol. The number of amides is 3. The van der Waals surface area contributed by atoms with E-state index in [-0.39, 0.29) is 23.6 Å². The second-order valence-corrected chi connectivity index (χ2v) is 5.74. The average molecular weight is 303 g/mol. The van der Waals surface area contributed by atoms with E-state index in [4.69, 9.17) is 0 Å². The summed E-state index contributed by atoms with van der Waals surface area (Å²) in [4.78, 5) is 37.4. The minimum atomic E-state index is -0.482. The van der Waals surface area contributed by atoms with Gasteiger partial charge in [-0.05, 0) is 25.0 Å². The zero-order valence-electron chi connectivity index (χ0n) is 13.1. The lowest BCUT2D eigenvalue weighted by Crippen LogP contribution is -2.60. The number of hydrogen-bond donors (Lipinski definition) is 2. The van der Waals surface area contributed by atoms with Crippen molar-refractivity contribution in [3.8, 4) is 0 Å². The normalized spacial score (nSPS) is 18.1. The highest BCUT2D eigenvalue weighted by molar-refractivity contribution is 5.98. The largest absolute Gasteiger partial charge is 0.353 e. The van der Waals surface area contributed by atoms with Crippen LogP contribution in [-0.2, 0) is 4.79 Å². The average Bonchev–Trinajstić information content (AvgIpc) is 2.46. The molecule has 1 aromatic carbocycles. The van der Waals surface area contributed by atoms with Gasteiger partial charge in [0, 0.05) is 24.3 Å². The lowest BCUT2D eigenvalue weighted by molar-refractivity contribution is -0.129. The van der Waals surface area contributed by atoms with Crippen LogP contribution in [0.25, 0.3) is 0 Å². The van der Waals surface area contributed by atoms with Crippen molar-refractivity contribution in [1.82, 2.24) is 10.2 Å². The van der Waals surface area contributed by atoms with Gasteiger partial charge in [0.25, 0.3) is 0 Å². The summed E-state index contributed by atoms with van der Waals surface area (Å²) < 4.78 is 0. The van der Waals surface area contributed by atoms with Gasteiger partial charge in [-0.15, -0.1) is 0 Å². The fraction of sp³-hybridized carbons (Fsp3) is 0.438. The minimum Gasteiger partial charge on any atom is -0.353 e. The van der Waals surface area contributed by atoms with E-state index in [9.17, 15) is 14.4 Å². The summed E-state index contributed by atoms with van der Waals surface area (Å²) in [7, 11) is 0. The molecule has 0 saturated carbocycles. The van der Waals surface area contributed by atoms with Gasteiger partial charge in [0.1, 0.15) is 6.04 Å². The zero-order chi connectivity index (χ0) is 16.3. The summed E-state index contributed by atoms with van der Waals surface area (Å²) >= 11 is 0. The molecule has 6 nitrogen and oxygen atoms in total. The Bertz CT molecular complexity index is 598. The van der Waals surface area contributed by atoms with Gasteiger partial charge in [0.05, 0.1) is 0 Å². The van der Waals surface area contributed by atoms with Crippen LogP contribution in [0.4, 0.5) is 10.5 Å². The predicted molar refractivity (Wildman–Crippen MR) is 83.8 cm³/mol. The number of anilines is 1. The Morgan fingerprint density at radius 2 is 2.09 bits per heavy atom. The molecule has 2 N–H and O–H groups in total.